The molecule has 3 heteroatoms. The van der Waals surface area contributed by atoms with E-state index in [1.54, 1.807) is 13.2 Å². The number of ether oxygens (including phenoxy) is 1. The van der Waals surface area contributed by atoms with Crippen LogP contribution in [0.1, 0.15) is 31.7 Å². The lowest BCUT2D eigenvalue weighted by molar-refractivity contribution is 0.416. The van der Waals surface area contributed by atoms with Gasteiger partial charge in [0.2, 0.25) is 0 Å². The monoisotopic (exact) mass is 218 g/mol. The predicted molar refractivity (Wildman–Crippen MR) is 65.7 cm³/mol. The van der Waals surface area contributed by atoms with Gasteiger partial charge in [0.15, 0.2) is 0 Å². The van der Waals surface area contributed by atoms with E-state index in [4.69, 9.17) is 10.00 Å². The Kier molecular flexibility index (Phi) is 5.21. The lowest BCUT2D eigenvalue weighted by Crippen LogP contribution is -2.04. The molecule has 0 spiro atoms. The molecule has 1 aromatic carbocycles. The minimum atomic E-state index is 0.635. The van der Waals surface area contributed by atoms with Crippen molar-refractivity contribution in [2.75, 3.05) is 19.0 Å². The number of nitrogens with one attached hydrogen (secondary N) is 1. The van der Waals surface area contributed by atoms with Gasteiger partial charge in [0.1, 0.15) is 11.8 Å². The maximum absolute atomic E-state index is 9.00. The van der Waals surface area contributed by atoms with Crippen molar-refractivity contribution >= 4 is 5.69 Å². The van der Waals surface area contributed by atoms with Crippen LogP contribution >= 0.6 is 0 Å². The van der Waals surface area contributed by atoms with Crippen LogP contribution in [0.2, 0.25) is 0 Å². The standard InChI is InChI=1S/C13H18N2O/c1-3-4-5-9-15-13-11(10-14)7-6-8-12(13)16-2/h6-8,15H,3-5,9H2,1-2H3. The minimum absolute atomic E-state index is 0.635. The molecule has 0 atom stereocenters. The summed E-state index contributed by atoms with van der Waals surface area (Å²) in [5, 5.41) is 12.3. The van der Waals surface area contributed by atoms with Gasteiger partial charge in [0.05, 0.1) is 18.4 Å². The van der Waals surface area contributed by atoms with Gasteiger partial charge in [-0.25, -0.2) is 0 Å². The van der Waals surface area contributed by atoms with Gasteiger partial charge in [-0.15, -0.1) is 0 Å². The van der Waals surface area contributed by atoms with E-state index in [-0.39, 0.29) is 0 Å². The highest BCUT2D eigenvalue weighted by atomic mass is 16.5. The molecule has 0 radical (unpaired) electrons. The summed E-state index contributed by atoms with van der Waals surface area (Å²) in [6.45, 7) is 3.05. The van der Waals surface area contributed by atoms with Crippen molar-refractivity contribution < 1.29 is 4.74 Å². The van der Waals surface area contributed by atoms with Gasteiger partial charge in [0.25, 0.3) is 0 Å². The van der Waals surface area contributed by atoms with Crippen molar-refractivity contribution in [2.24, 2.45) is 0 Å². The van der Waals surface area contributed by atoms with Crippen molar-refractivity contribution in [3.63, 3.8) is 0 Å². The van der Waals surface area contributed by atoms with Crippen molar-refractivity contribution in [3.05, 3.63) is 23.8 Å². The van der Waals surface area contributed by atoms with Crippen molar-refractivity contribution in [2.45, 2.75) is 26.2 Å². The number of benzene rings is 1. The molecule has 16 heavy (non-hydrogen) atoms. The van der Waals surface area contributed by atoms with E-state index in [9.17, 15) is 0 Å². The van der Waals surface area contributed by atoms with Crippen LogP contribution in [0.5, 0.6) is 5.75 Å². The van der Waals surface area contributed by atoms with E-state index < -0.39 is 0 Å². The number of rotatable bonds is 6. The minimum Gasteiger partial charge on any atom is -0.495 e. The maximum atomic E-state index is 9.00. The molecule has 0 saturated heterocycles. The zero-order valence-corrected chi connectivity index (χ0v) is 9.92. The van der Waals surface area contributed by atoms with E-state index in [0.717, 1.165) is 24.4 Å². The molecular weight excluding hydrogens is 200 g/mol. The molecule has 0 fully saturated rings. The lowest BCUT2D eigenvalue weighted by atomic mass is 10.1. The highest BCUT2D eigenvalue weighted by Gasteiger charge is 2.07. The summed E-state index contributed by atoms with van der Waals surface area (Å²) in [4.78, 5) is 0. The second-order valence-corrected chi connectivity index (χ2v) is 3.63. The molecule has 1 N–H and O–H groups in total. The van der Waals surface area contributed by atoms with E-state index in [2.05, 4.69) is 18.3 Å². The van der Waals surface area contributed by atoms with Gasteiger partial charge >= 0.3 is 0 Å². The Morgan fingerprint density at radius 1 is 1.38 bits per heavy atom. The van der Waals surface area contributed by atoms with E-state index in [0.29, 0.717) is 5.56 Å². The first-order valence-corrected chi connectivity index (χ1v) is 5.64. The topological polar surface area (TPSA) is 45.0 Å². The fraction of sp³-hybridized carbons (Fsp3) is 0.462. The summed E-state index contributed by atoms with van der Waals surface area (Å²) in [7, 11) is 1.62. The van der Waals surface area contributed by atoms with Crippen LogP contribution in [0.15, 0.2) is 18.2 Å². The second-order valence-electron chi connectivity index (χ2n) is 3.63. The molecule has 0 amide bonds. The fourth-order valence-corrected chi connectivity index (χ4v) is 1.57. The molecule has 0 aliphatic carbocycles. The molecule has 0 aromatic heterocycles. The first-order valence-electron chi connectivity index (χ1n) is 5.64. The highest BCUT2D eigenvalue weighted by molar-refractivity contribution is 5.66. The number of hydrogen-bond acceptors (Lipinski definition) is 3. The molecule has 0 unspecified atom stereocenters. The first-order chi connectivity index (χ1) is 7.83. The molecule has 0 bridgehead atoms. The summed E-state index contributed by atoms with van der Waals surface area (Å²) >= 11 is 0. The highest BCUT2D eigenvalue weighted by Crippen LogP contribution is 2.27. The van der Waals surface area contributed by atoms with E-state index >= 15 is 0 Å². The predicted octanol–water partition coefficient (Wildman–Crippen LogP) is 3.17. The lowest BCUT2D eigenvalue weighted by Gasteiger charge is -2.12. The molecule has 0 aliphatic heterocycles. The fourth-order valence-electron chi connectivity index (χ4n) is 1.57. The van der Waals surface area contributed by atoms with Gasteiger partial charge in [-0.1, -0.05) is 25.8 Å². The number of para-hydroxylation sites is 1. The maximum Gasteiger partial charge on any atom is 0.143 e. The van der Waals surface area contributed by atoms with Crippen molar-refractivity contribution in [1.82, 2.24) is 0 Å². The summed E-state index contributed by atoms with van der Waals surface area (Å²) in [5.41, 5.74) is 1.44. The molecule has 3 nitrogen and oxygen atoms in total. The van der Waals surface area contributed by atoms with E-state index in [1.807, 2.05) is 12.1 Å². The Morgan fingerprint density at radius 2 is 2.19 bits per heavy atom. The normalized spacial score (nSPS) is 9.56. The van der Waals surface area contributed by atoms with Crippen LogP contribution in [-0.2, 0) is 0 Å². The van der Waals surface area contributed by atoms with Gasteiger partial charge < -0.3 is 10.1 Å². The number of nitrogens with zero attached hydrogens (tertiary/aromatic N) is 1. The summed E-state index contributed by atoms with van der Waals surface area (Å²) in [5.74, 6) is 0.732. The third-order valence-electron chi connectivity index (χ3n) is 2.45. The van der Waals surface area contributed by atoms with Crippen LogP contribution < -0.4 is 10.1 Å². The molecular formula is C13H18N2O. The largest absolute Gasteiger partial charge is 0.495 e. The number of nitriles is 1. The summed E-state index contributed by atoms with van der Waals surface area (Å²) in [6.07, 6.45) is 3.50. The van der Waals surface area contributed by atoms with Crippen LogP contribution in [0.3, 0.4) is 0 Å². The van der Waals surface area contributed by atoms with Gasteiger partial charge in [-0.05, 0) is 18.6 Å². The molecule has 0 heterocycles. The van der Waals surface area contributed by atoms with Gasteiger partial charge in [0, 0.05) is 6.54 Å². The number of hydrogen-bond donors (Lipinski definition) is 1. The Balaban J connectivity index is 2.72. The molecule has 86 valence electrons. The van der Waals surface area contributed by atoms with Crippen molar-refractivity contribution in [1.29, 1.82) is 5.26 Å². The third-order valence-corrected chi connectivity index (χ3v) is 2.45. The van der Waals surface area contributed by atoms with Crippen LogP contribution in [-0.4, -0.2) is 13.7 Å². The van der Waals surface area contributed by atoms with Crippen LogP contribution in [0, 0.1) is 11.3 Å². The van der Waals surface area contributed by atoms with Crippen LogP contribution in [0.4, 0.5) is 5.69 Å². The average Bonchev–Trinajstić information content (AvgIpc) is 2.34. The van der Waals surface area contributed by atoms with Gasteiger partial charge in [-0.3, -0.25) is 0 Å². The first kappa shape index (κ1) is 12.4. The summed E-state index contributed by atoms with van der Waals surface area (Å²) in [6, 6.07) is 7.66. The van der Waals surface area contributed by atoms with Crippen molar-refractivity contribution in [3.8, 4) is 11.8 Å². The Labute approximate surface area is 97.0 Å². The number of unbranched alkanes of at least 4 members (excludes halogenated alkanes) is 2. The Hall–Kier alpha value is -1.69. The third kappa shape index (κ3) is 3.16. The number of anilines is 1. The van der Waals surface area contributed by atoms with Gasteiger partial charge in [-0.2, -0.15) is 5.26 Å². The van der Waals surface area contributed by atoms with E-state index in [1.165, 1.54) is 12.8 Å². The smallest absolute Gasteiger partial charge is 0.143 e. The molecule has 0 saturated carbocycles. The Bertz CT molecular complexity index is 369. The zero-order chi connectivity index (χ0) is 11.8. The average molecular weight is 218 g/mol. The zero-order valence-electron chi connectivity index (χ0n) is 9.92. The SMILES string of the molecule is CCCCCNc1c(C#N)cccc1OC. The molecule has 0 aliphatic rings. The molecule has 1 aromatic rings. The second kappa shape index (κ2) is 6.73. The van der Waals surface area contributed by atoms with Crippen LogP contribution in [0.25, 0.3) is 0 Å². The molecule has 1 rings (SSSR count). The quantitative estimate of drug-likeness (QED) is 0.746. The Morgan fingerprint density at radius 3 is 2.81 bits per heavy atom. The number of methoxy groups -OCH3 is 1. The summed E-state index contributed by atoms with van der Waals surface area (Å²) < 4.78 is 5.23.